The fraction of sp³-hybridized carbons (Fsp3) is 0.167. The summed E-state index contributed by atoms with van der Waals surface area (Å²) in [4.78, 5) is 8.25. The van der Waals surface area contributed by atoms with Gasteiger partial charge >= 0.3 is 0 Å². The van der Waals surface area contributed by atoms with E-state index in [4.69, 9.17) is 17.3 Å². The largest absolute Gasteiger partial charge is 0.396 e. The minimum atomic E-state index is 0.580. The number of hydrogen-bond donors (Lipinski definition) is 2. The van der Waals surface area contributed by atoms with Gasteiger partial charge in [-0.15, -0.1) is 0 Å². The van der Waals surface area contributed by atoms with E-state index in [1.54, 1.807) is 12.4 Å². The van der Waals surface area contributed by atoms with Crippen molar-refractivity contribution in [3.63, 3.8) is 0 Å². The van der Waals surface area contributed by atoms with E-state index < -0.39 is 0 Å². The maximum atomic E-state index is 5.88. The second-order valence-corrected chi connectivity index (χ2v) is 4.06. The van der Waals surface area contributed by atoms with Crippen LogP contribution < -0.4 is 11.1 Å². The molecular formula is C12H13ClN4. The van der Waals surface area contributed by atoms with Crippen molar-refractivity contribution in [1.82, 2.24) is 9.97 Å². The first-order chi connectivity index (χ1) is 8.24. The lowest BCUT2D eigenvalue weighted by molar-refractivity contribution is 0.895. The summed E-state index contributed by atoms with van der Waals surface area (Å²) in [7, 11) is 0. The standard InChI is InChI=1S/C12H13ClN4/c13-9-2-1-3-11(6-9)15-5-4-12-16-7-10(14)8-17-12/h1-3,6-8,15H,4-5,14H2. The van der Waals surface area contributed by atoms with E-state index in [0.717, 1.165) is 29.5 Å². The van der Waals surface area contributed by atoms with Crippen LogP contribution in [0.3, 0.4) is 0 Å². The molecule has 2 rings (SSSR count). The zero-order valence-electron chi connectivity index (χ0n) is 9.23. The number of anilines is 2. The van der Waals surface area contributed by atoms with Gasteiger partial charge in [0.25, 0.3) is 0 Å². The molecule has 5 heteroatoms. The molecule has 4 nitrogen and oxygen atoms in total. The van der Waals surface area contributed by atoms with Gasteiger partial charge in [-0.25, -0.2) is 9.97 Å². The van der Waals surface area contributed by atoms with E-state index in [9.17, 15) is 0 Å². The number of nitrogens with two attached hydrogens (primary N) is 1. The van der Waals surface area contributed by atoms with Crippen molar-refractivity contribution in [2.24, 2.45) is 0 Å². The third-order valence-electron chi connectivity index (χ3n) is 2.23. The summed E-state index contributed by atoms with van der Waals surface area (Å²) in [5.74, 6) is 0.772. The van der Waals surface area contributed by atoms with Crippen LogP contribution in [0.2, 0.25) is 5.02 Å². The number of benzene rings is 1. The van der Waals surface area contributed by atoms with Crippen LogP contribution in [-0.2, 0) is 6.42 Å². The smallest absolute Gasteiger partial charge is 0.130 e. The Morgan fingerprint density at radius 2 is 2.00 bits per heavy atom. The third-order valence-corrected chi connectivity index (χ3v) is 2.46. The number of halogens is 1. The summed E-state index contributed by atoms with van der Waals surface area (Å²) < 4.78 is 0. The molecule has 0 amide bonds. The zero-order chi connectivity index (χ0) is 12.1. The summed E-state index contributed by atoms with van der Waals surface area (Å²) in [5.41, 5.74) is 7.08. The second kappa shape index (κ2) is 5.50. The summed E-state index contributed by atoms with van der Waals surface area (Å²) in [5, 5.41) is 3.97. The molecule has 0 unspecified atom stereocenters. The molecule has 88 valence electrons. The van der Waals surface area contributed by atoms with E-state index >= 15 is 0 Å². The van der Waals surface area contributed by atoms with Gasteiger partial charge < -0.3 is 11.1 Å². The van der Waals surface area contributed by atoms with E-state index in [1.165, 1.54) is 0 Å². The Morgan fingerprint density at radius 3 is 2.71 bits per heavy atom. The quantitative estimate of drug-likeness (QED) is 0.872. The van der Waals surface area contributed by atoms with Gasteiger partial charge in [0.2, 0.25) is 0 Å². The molecule has 0 aliphatic carbocycles. The molecule has 0 radical (unpaired) electrons. The van der Waals surface area contributed by atoms with Gasteiger partial charge in [-0.05, 0) is 18.2 Å². The topological polar surface area (TPSA) is 63.8 Å². The first-order valence-corrected chi connectivity index (χ1v) is 5.68. The Hall–Kier alpha value is -1.81. The van der Waals surface area contributed by atoms with Crippen LogP contribution >= 0.6 is 11.6 Å². The molecule has 1 heterocycles. The number of nitrogens with one attached hydrogen (secondary N) is 1. The van der Waals surface area contributed by atoms with E-state index in [-0.39, 0.29) is 0 Å². The van der Waals surface area contributed by atoms with Crippen LogP contribution in [0.5, 0.6) is 0 Å². The summed E-state index contributed by atoms with van der Waals surface area (Å²) in [6, 6.07) is 7.60. The minimum absolute atomic E-state index is 0.580. The molecule has 3 N–H and O–H groups in total. The monoisotopic (exact) mass is 248 g/mol. The summed E-state index contributed by atoms with van der Waals surface area (Å²) in [6.07, 6.45) is 3.97. The second-order valence-electron chi connectivity index (χ2n) is 3.62. The van der Waals surface area contributed by atoms with Crippen molar-refractivity contribution in [1.29, 1.82) is 0 Å². The Bertz CT molecular complexity index is 484. The predicted octanol–water partition coefficient (Wildman–Crippen LogP) is 2.37. The van der Waals surface area contributed by atoms with Crippen LogP contribution in [0, 0.1) is 0 Å². The highest BCUT2D eigenvalue weighted by Crippen LogP contribution is 2.14. The zero-order valence-corrected chi connectivity index (χ0v) is 9.98. The molecule has 1 aromatic heterocycles. The molecule has 0 fully saturated rings. The van der Waals surface area contributed by atoms with Gasteiger partial charge in [0.15, 0.2) is 0 Å². The molecule has 0 aliphatic rings. The number of nitrogen functional groups attached to an aromatic ring is 1. The van der Waals surface area contributed by atoms with Crippen LogP contribution in [-0.4, -0.2) is 16.5 Å². The number of aromatic nitrogens is 2. The first-order valence-electron chi connectivity index (χ1n) is 5.30. The third kappa shape index (κ3) is 3.60. The number of hydrogen-bond acceptors (Lipinski definition) is 4. The normalized spacial score (nSPS) is 10.2. The number of nitrogens with zero attached hydrogens (tertiary/aromatic N) is 2. The Labute approximate surface area is 105 Å². The van der Waals surface area contributed by atoms with E-state index in [0.29, 0.717) is 5.69 Å². The summed E-state index contributed by atoms with van der Waals surface area (Å²) in [6.45, 7) is 0.754. The molecule has 0 saturated carbocycles. The van der Waals surface area contributed by atoms with Crippen molar-refractivity contribution >= 4 is 23.0 Å². The summed E-state index contributed by atoms with van der Waals surface area (Å²) >= 11 is 5.88. The molecule has 1 aromatic carbocycles. The molecule has 0 bridgehead atoms. The average Bonchev–Trinajstić information content (AvgIpc) is 2.32. The lowest BCUT2D eigenvalue weighted by Crippen LogP contribution is -2.07. The Morgan fingerprint density at radius 1 is 1.24 bits per heavy atom. The highest BCUT2D eigenvalue weighted by molar-refractivity contribution is 6.30. The van der Waals surface area contributed by atoms with Crippen molar-refractivity contribution in [2.75, 3.05) is 17.6 Å². The van der Waals surface area contributed by atoms with Gasteiger partial charge in [0.1, 0.15) is 5.82 Å². The molecule has 2 aromatic rings. The van der Waals surface area contributed by atoms with Crippen LogP contribution in [0.1, 0.15) is 5.82 Å². The lowest BCUT2D eigenvalue weighted by atomic mass is 10.3. The van der Waals surface area contributed by atoms with Gasteiger partial charge in [-0.3, -0.25) is 0 Å². The highest BCUT2D eigenvalue weighted by atomic mass is 35.5. The minimum Gasteiger partial charge on any atom is -0.396 e. The fourth-order valence-electron chi connectivity index (χ4n) is 1.41. The average molecular weight is 249 g/mol. The van der Waals surface area contributed by atoms with E-state index in [2.05, 4.69) is 15.3 Å². The van der Waals surface area contributed by atoms with E-state index in [1.807, 2.05) is 24.3 Å². The molecule has 0 saturated heterocycles. The highest BCUT2D eigenvalue weighted by Gasteiger charge is 1.97. The SMILES string of the molecule is Nc1cnc(CCNc2cccc(Cl)c2)nc1. The number of rotatable bonds is 4. The van der Waals surface area contributed by atoms with Crippen LogP contribution in [0.25, 0.3) is 0 Å². The first kappa shape index (κ1) is 11.7. The molecule has 0 spiro atoms. The van der Waals surface area contributed by atoms with Gasteiger partial charge in [-0.2, -0.15) is 0 Å². The van der Waals surface area contributed by atoms with Gasteiger partial charge in [-0.1, -0.05) is 17.7 Å². The van der Waals surface area contributed by atoms with Crippen molar-refractivity contribution < 1.29 is 0 Å². The lowest BCUT2D eigenvalue weighted by Gasteiger charge is -2.05. The van der Waals surface area contributed by atoms with Crippen LogP contribution in [0.4, 0.5) is 11.4 Å². The molecule has 0 atom stereocenters. The molecule has 17 heavy (non-hydrogen) atoms. The van der Waals surface area contributed by atoms with Crippen molar-refractivity contribution in [3.05, 3.63) is 47.5 Å². The van der Waals surface area contributed by atoms with Gasteiger partial charge in [0, 0.05) is 23.7 Å². The van der Waals surface area contributed by atoms with Crippen LogP contribution in [0.15, 0.2) is 36.7 Å². The fourth-order valence-corrected chi connectivity index (χ4v) is 1.60. The maximum Gasteiger partial charge on any atom is 0.130 e. The van der Waals surface area contributed by atoms with Crippen molar-refractivity contribution in [3.8, 4) is 0 Å². The molecular weight excluding hydrogens is 236 g/mol. The Balaban J connectivity index is 1.85. The Kier molecular flexibility index (Phi) is 3.77. The van der Waals surface area contributed by atoms with Crippen molar-refractivity contribution in [2.45, 2.75) is 6.42 Å². The molecule has 0 aliphatic heterocycles. The predicted molar refractivity (Wildman–Crippen MR) is 70.1 cm³/mol. The maximum absolute atomic E-state index is 5.88. The van der Waals surface area contributed by atoms with Gasteiger partial charge in [0.05, 0.1) is 18.1 Å².